The molecule has 32 heavy (non-hydrogen) atoms. The van der Waals surface area contributed by atoms with E-state index in [-0.39, 0.29) is 36.6 Å². The third-order valence-corrected chi connectivity index (χ3v) is 5.40. The zero-order chi connectivity index (χ0) is 22.1. The van der Waals surface area contributed by atoms with E-state index >= 15 is 0 Å². The predicted octanol–water partition coefficient (Wildman–Crippen LogP) is 2.67. The molecule has 0 unspecified atom stereocenters. The molecule has 2 aromatic carbocycles. The van der Waals surface area contributed by atoms with Crippen LogP contribution in [-0.4, -0.2) is 44.1 Å². The molecule has 0 spiro atoms. The van der Waals surface area contributed by atoms with Gasteiger partial charge in [0.2, 0.25) is 18.5 Å². The van der Waals surface area contributed by atoms with Gasteiger partial charge in [-0.3, -0.25) is 4.79 Å². The third kappa shape index (κ3) is 3.83. The minimum absolute atomic E-state index is 0.0921. The van der Waals surface area contributed by atoms with E-state index in [9.17, 15) is 4.79 Å². The van der Waals surface area contributed by atoms with Gasteiger partial charge in [0.15, 0.2) is 23.0 Å². The fourth-order valence-electron chi connectivity index (χ4n) is 3.10. The number of rotatable bonds is 6. The fraction of sp³-hybridized carbons (Fsp3) is 0.150. The van der Waals surface area contributed by atoms with Crippen molar-refractivity contribution < 1.29 is 18.8 Å². The molecule has 2 aromatic heterocycles. The summed E-state index contributed by atoms with van der Waals surface area (Å²) in [6.07, 6.45) is 1.97. The number of hydrogen-bond donors (Lipinski definition) is 2. The summed E-state index contributed by atoms with van der Waals surface area (Å²) in [6.45, 7) is 0.0536. The lowest BCUT2D eigenvalue weighted by Crippen LogP contribution is -2.20. The first-order valence-electron chi connectivity index (χ1n) is 9.47. The van der Waals surface area contributed by atoms with Crippen molar-refractivity contribution in [1.29, 1.82) is 0 Å². The number of hydrogen-bond acceptors (Lipinski definition) is 10. The molecule has 0 fully saturated rings. The van der Waals surface area contributed by atoms with Gasteiger partial charge in [-0.2, -0.15) is 4.98 Å². The number of aromatic nitrogens is 5. The van der Waals surface area contributed by atoms with Crippen LogP contribution >= 0.6 is 11.8 Å². The number of nitrogens with zero attached hydrogens (tertiary/aromatic N) is 5. The van der Waals surface area contributed by atoms with Crippen molar-refractivity contribution in [2.75, 3.05) is 24.1 Å². The van der Waals surface area contributed by atoms with Gasteiger partial charge in [-0.15, -0.1) is 16.9 Å². The van der Waals surface area contributed by atoms with Crippen LogP contribution in [0.15, 0.2) is 51.9 Å². The normalized spacial score (nSPS) is 12.2. The van der Waals surface area contributed by atoms with Crippen molar-refractivity contribution in [3.8, 4) is 34.5 Å². The first-order valence-corrected chi connectivity index (χ1v) is 10.7. The highest BCUT2D eigenvalue weighted by Crippen LogP contribution is 2.35. The molecule has 0 radical (unpaired) electrons. The predicted molar refractivity (Wildman–Crippen MR) is 116 cm³/mol. The summed E-state index contributed by atoms with van der Waals surface area (Å²) in [5, 5.41) is 14.7. The van der Waals surface area contributed by atoms with Crippen molar-refractivity contribution in [3.63, 3.8) is 0 Å². The quantitative estimate of drug-likeness (QED) is 0.420. The average molecular weight is 451 g/mol. The Morgan fingerprint density at radius 2 is 2.09 bits per heavy atom. The second kappa shape index (κ2) is 8.23. The minimum atomic E-state index is -0.294. The summed E-state index contributed by atoms with van der Waals surface area (Å²) in [4.78, 5) is 17.8. The number of ether oxygens (including phenoxy) is 2. The maximum atomic E-state index is 12.4. The lowest BCUT2D eigenvalue weighted by molar-refractivity contribution is -0.116. The SMILES string of the molecule is CSc1cccc(NC(=O)Cn2nnc(-c3nc(-c4ccc5c(c4)OCO5)no3)c2N)c1. The number of carbonyl (C=O) groups excluding carboxylic acids is 1. The van der Waals surface area contributed by atoms with Crippen LogP contribution in [0, 0.1) is 0 Å². The maximum Gasteiger partial charge on any atom is 0.282 e. The zero-order valence-corrected chi connectivity index (χ0v) is 17.6. The Balaban J connectivity index is 1.31. The minimum Gasteiger partial charge on any atom is -0.454 e. The second-order valence-electron chi connectivity index (χ2n) is 6.75. The lowest BCUT2D eigenvalue weighted by Gasteiger charge is -2.07. The van der Waals surface area contributed by atoms with E-state index in [0.29, 0.717) is 28.6 Å². The number of nitrogens with one attached hydrogen (secondary N) is 1. The van der Waals surface area contributed by atoms with Crippen molar-refractivity contribution in [3.05, 3.63) is 42.5 Å². The van der Waals surface area contributed by atoms with Gasteiger partial charge < -0.3 is 25.0 Å². The fourth-order valence-corrected chi connectivity index (χ4v) is 3.56. The number of nitrogens with two attached hydrogens (primary N) is 1. The number of benzene rings is 2. The molecule has 3 N–H and O–H groups in total. The van der Waals surface area contributed by atoms with Gasteiger partial charge in [0.1, 0.15) is 6.54 Å². The Morgan fingerprint density at radius 3 is 2.97 bits per heavy atom. The third-order valence-electron chi connectivity index (χ3n) is 4.68. The van der Waals surface area contributed by atoms with Crippen LogP contribution in [-0.2, 0) is 11.3 Å². The molecule has 1 amide bonds. The van der Waals surface area contributed by atoms with Gasteiger partial charge >= 0.3 is 0 Å². The first kappa shape index (κ1) is 19.9. The van der Waals surface area contributed by atoms with Crippen LogP contribution in [0.3, 0.4) is 0 Å². The second-order valence-corrected chi connectivity index (χ2v) is 7.63. The summed E-state index contributed by atoms with van der Waals surface area (Å²) in [5.41, 5.74) is 7.70. The van der Waals surface area contributed by atoms with Gasteiger partial charge in [-0.05, 0) is 42.7 Å². The number of nitrogen functional groups attached to an aromatic ring is 1. The average Bonchev–Trinajstić information content (AvgIpc) is 3.54. The number of thioether (sulfide) groups is 1. The molecular weight excluding hydrogens is 434 g/mol. The molecule has 11 nitrogen and oxygen atoms in total. The van der Waals surface area contributed by atoms with E-state index in [1.54, 1.807) is 30.0 Å². The van der Waals surface area contributed by atoms with E-state index in [1.807, 2.05) is 30.5 Å². The van der Waals surface area contributed by atoms with Crippen LogP contribution in [0.4, 0.5) is 11.5 Å². The number of amides is 1. The molecule has 162 valence electrons. The molecule has 1 aliphatic rings. The highest BCUT2D eigenvalue weighted by Gasteiger charge is 2.21. The van der Waals surface area contributed by atoms with Crippen LogP contribution in [0.5, 0.6) is 11.5 Å². The Kier molecular flexibility index (Phi) is 5.11. The van der Waals surface area contributed by atoms with Crippen LogP contribution < -0.4 is 20.5 Å². The van der Waals surface area contributed by atoms with Crippen LogP contribution in [0.1, 0.15) is 0 Å². The summed E-state index contributed by atoms with van der Waals surface area (Å²) in [6, 6.07) is 12.8. The first-order chi connectivity index (χ1) is 15.6. The highest BCUT2D eigenvalue weighted by molar-refractivity contribution is 7.98. The summed E-state index contributed by atoms with van der Waals surface area (Å²) in [5.74, 6) is 1.53. The number of carbonyl (C=O) groups is 1. The molecule has 0 aliphatic carbocycles. The summed E-state index contributed by atoms with van der Waals surface area (Å²) >= 11 is 1.59. The molecule has 0 saturated heterocycles. The Labute approximate surface area is 185 Å². The van der Waals surface area contributed by atoms with Crippen molar-refractivity contribution in [2.24, 2.45) is 0 Å². The van der Waals surface area contributed by atoms with E-state index in [4.69, 9.17) is 19.7 Å². The Hall–Kier alpha value is -4.06. The van der Waals surface area contributed by atoms with Crippen molar-refractivity contribution >= 4 is 29.2 Å². The highest BCUT2D eigenvalue weighted by atomic mass is 32.2. The standard InChI is InChI=1S/C20H17N7O4S/c1-32-13-4-2-3-12(8-13)22-16(28)9-27-18(21)17(24-26-27)20-23-19(25-31-20)11-5-6-14-15(7-11)30-10-29-14/h2-8H,9-10,21H2,1H3,(H,22,28). The Morgan fingerprint density at radius 1 is 1.22 bits per heavy atom. The maximum absolute atomic E-state index is 12.4. The van der Waals surface area contributed by atoms with Crippen molar-refractivity contribution in [1.82, 2.24) is 25.1 Å². The largest absolute Gasteiger partial charge is 0.454 e. The number of fused-ring (bicyclic) bond motifs is 1. The molecule has 0 saturated carbocycles. The summed E-state index contributed by atoms with van der Waals surface area (Å²) < 4.78 is 17.3. The van der Waals surface area contributed by atoms with Gasteiger partial charge in [0.05, 0.1) is 0 Å². The van der Waals surface area contributed by atoms with E-state index < -0.39 is 0 Å². The van der Waals surface area contributed by atoms with Gasteiger partial charge in [-0.25, -0.2) is 4.68 Å². The van der Waals surface area contributed by atoms with Gasteiger partial charge in [0.25, 0.3) is 5.89 Å². The topological polar surface area (TPSA) is 143 Å². The molecule has 4 aromatic rings. The number of anilines is 2. The van der Waals surface area contributed by atoms with Gasteiger partial charge in [0, 0.05) is 16.1 Å². The summed E-state index contributed by atoms with van der Waals surface area (Å²) in [7, 11) is 0. The van der Waals surface area contributed by atoms with E-state index in [2.05, 4.69) is 25.8 Å². The zero-order valence-electron chi connectivity index (χ0n) is 16.8. The molecule has 1 aliphatic heterocycles. The molecular formula is C20H17N7O4S. The molecule has 5 rings (SSSR count). The smallest absolute Gasteiger partial charge is 0.282 e. The van der Waals surface area contributed by atoms with Gasteiger partial charge in [-0.1, -0.05) is 16.4 Å². The van der Waals surface area contributed by atoms with E-state index in [0.717, 1.165) is 4.90 Å². The van der Waals surface area contributed by atoms with Crippen LogP contribution in [0.2, 0.25) is 0 Å². The monoisotopic (exact) mass is 451 g/mol. The van der Waals surface area contributed by atoms with Crippen molar-refractivity contribution in [2.45, 2.75) is 11.4 Å². The molecule has 12 heteroatoms. The molecule has 3 heterocycles. The Bertz CT molecular complexity index is 1300. The van der Waals surface area contributed by atoms with E-state index in [1.165, 1.54) is 4.68 Å². The molecule has 0 bridgehead atoms. The molecule has 0 atom stereocenters. The van der Waals surface area contributed by atoms with Crippen LogP contribution in [0.25, 0.3) is 23.0 Å². The lowest BCUT2D eigenvalue weighted by atomic mass is 10.2.